The van der Waals surface area contributed by atoms with E-state index in [4.69, 9.17) is 4.42 Å². The summed E-state index contributed by atoms with van der Waals surface area (Å²) in [4.78, 5) is 0. The average Bonchev–Trinajstić information content (AvgIpc) is 3.61. The van der Waals surface area contributed by atoms with Crippen LogP contribution in [0.1, 0.15) is 22.3 Å². The third kappa shape index (κ3) is 3.41. The van der Waals surface area contributed by atoms with Crippen LogP contribution in [0.4, 0.5) is 11.4 Å². The third-order valence-electron chi connectivity index (χ3n) is 9.13. The van der Waals surface area contributed by atoms with Gasteiger partial charge in [0, 0.05) is 21.8 Å². The SMILES string of the molecule is c1ccc(C2(c3ccccc3)c3ccccc3-c3cc(Nc4cccc5c4oc4c6ccccc6ccc54)ccc32)cc1. The van der Waals surface area contributed by atoms with E-state index >= 15 is 0 Å². The number of hydrogen-bond donors (Lipinski definition) is 1. The van der Waals surface area contributed by atoms with Crippen LogP contribution in [0.5, 0.6) is 0 Å². The Morgan fingerprint density at radius 1 is 0.442 bits per heavy atom. The van der Waals surface area contributed by atoms with Gasteiger partial charge < -0.3 is 9.73 Å². The van der Waals surface area contributed by atoms with Gasteiger partial charge in [-0.1, -0.05) is 133 Å². The maximum atomic E-state index is 6.60. The van der Waals surface area contributed by atoms with Crippen molar-refractivity contribution >= 4 is 44.1 Å². The number of hydrogen-bond acceptors (Lipinski definition) is 2. The molecule has 0 unspecified atom stereocenters. The quantitative estimate of drug-likeness (QED) is 0.236. The van der Waals surface area contributed by atoms with E-state index in [1.165, 1.54) is 38.8 Å². The van der Waals surface area contributed by atoms with Crippen molar-refractivity contribution < 1.29 is 4.42 Å². The Kier molecular flexibility index (Phi) is 5.15. The van der Waals surface area contributed by atoms with E-state index in [1.807, 2.05) is 0 Å². The first-order valence-corrected chi connectivity index (χ1v) is 14.8. The van der Waals surface area contributed by atoms with Gasteiger partial charge in [0.2, 0.25) is 0 Å². The normalized spacial score (nSPS) is 13.3. The van der Waals surface area contributed by atoms with E-state index in [0.29, 0.717) is 0 Å². The van der Waals surface area contributed by atoms with Gasteiger partial charge in [0.05, 0.1) is 11.1 Å². The van der Waals surface area contributed by atoms with E-state index in [9.17, 15) is 0 Å². The summed E-state index contributed by atoms with van der Waals surface area (Å²) < 4.78 is 6.60. The van der Waals surface area contributed by atoms with Crippen LogP contribution in [0.3, 0.4) is 0 Å². The molecule has 1 aromatic heterocycles. The summed E-state index contributed by atoms with van der Waals surface area (Å²) >= 11 is 0. The second-order valence-corrected chi connectivity index (χ2v) is 11.4. The van der Waals surface area contributed by atoms with Crippen molar-refractivity contribution in [3.63, 3.8) is 0 Å². The van der Waals surface area contributed by atoms with Crippen molar-refractivity contribution in [1.29, 1.82) is 0 Å². The van der Waals surface area contributed by atoms with E-state index in [1.54, 1.807) is 0 Å². The Morgan fingerprint density at radius 3 is 1.91 bits per heavy atom. The highest BCUT2D eigenvalue weighted by Gasteiger charge is 2.45. The van der Waals surface area contributed by atoms with Crippen LogP contribution in [-0.4, -0.2) is 0 Å². The first kappa shape index (κ1) is 24.0. The van der Waals surface area contributed by atoms with Gasteiger partial charge in [0.1, 0.15) is 5.58 Å². The highest BCUT2D eigenvalue weighted by molar-refractivity contribution is 6.17. The zero-order chi connectivity index (χ0) is 28.4. The number of para-hydroxylation sites is 1. The standard InChI is InChI=1S/C41H27NO/c1-3-13-28(14-4-1)41(29-15-5-2-6-16-29)36-20-10-9-18-32(36)35-26-30(23-25-37(35)41)42-38-21-11-19-33-34-24-22-27-12-7-8-17-31(27)39(34)43-40(33)38/h1-26,42H. The number of furan rings is 1. The van der Waals surface area contributed by atoms with Crippen LogP contribution < -0.4 is 5.32 Å². The monoisotopic (exact) mass is 549 g/mol. The molecule has 2 nitrogen and oxygen atoms in total. The van der Waals surface area contributed by atoms with E-state index < -0.39 is 5.41 Å². The summed E-state index contributed by atoms with van der Waals surface area (Å²) in [6, 6.07) is 56.6. The Labute approximate surface area is 249 Å². The summed E-state index contributed by atoms with van der Waals surface area (Å²) in [5.41, 5.74) is 11.1. The molecule has 0 atom stereocenters. The van der Waals surface area contributed by atoms with Gasteiger partial charge in [0.25, 0.3) is 0 Å². The highest BCUT2D eigenvalue weighted by atomic mass is 16.3. The predicted octanol–water partition coefficient (Wildman–Crippen LogP) is 10.8. The molecule has 202 valence electrons. The van der Waals surface area contributed by atoms with Crippen LogP contribution in [0.15, 0.2) is 162 Å². The van der Waals surface area contributed by atoms with Gasteiger partial charge in [-0.2, -0.15) is 0 Å². The summed E-state index contributed by atoms with van der Waals surface area (Å²) in [6.45, 7) is 0. The molecule has 0 bridgehead atoms. The van der Waals surface area contributed by atoms with Crippen molar-refractivity contribution in [2.45, 2.75) is 5.41 Å². The molecule has 0 fully saturated rings. The molecule has 9 rings (SSSR count). The molecule has 0 radical (unpaired) electrons. The third-order valence-corrected chi connectivity index (χ3v) is 9.13. The van der Waals surface area contributed by atoms with Gasteiger partial charge in [0.15, 0.2) is 5.58 Å². The van der Waals surface area contributed by atoms with E-state index in [-0.39, 0.29) is 0 Å². The zero-order valence-corrected chi connectivity index (χ0v) is 23.4. The lowest BCUT2D eigenvalue weighted by Gasteiger charge is -2.33. The fourth-order valence-corrected chi connectivity index (χ4v) is 7.31. The molecular formula is C41H27NO. The number of rotatable bonds is 4. The van der Waals surface area contributed by atoms with Crippen molar-refractivity contribution in [2.75, 3.05) is 5.32 Å². The van der Waals surface area contributed by atoms with Crippen LogP contribution in [0, 0.1) is 0 Å². The molecule has 0 amide bonds. The molecule has 1 aliphatic rings. The van der Waals surface area contributed by atoms with Gasteiger partial charge in [-0.15, -0.1) is 0 Å². The van der Waals surface area contributed by atoms with Crippen LogP contribution in [-0.2, 0) is 5.41 Å². The fourth-order valence-electron chi connectivity index (χ4n) is 7.31. The zero-order valence-electron chi connectivity index (χ0n) is 23.4. The van der Waals surface area contributed by atoms with E-state index in [0.717, 1.165) is 38.7 Å². The fraction of sp³-hybridized carbons (Fsp3) is 0.0244. The minimum Gasteiger partial charge on any atom is -0.453 e. The first-order valence-electron chi connectivity index (χ1n) is 14.8. The Morgan fingerprint density at radius 2 is 1.09 bits per heavy atom. The maximum absolute atomic E-state index is 6.60. The van der Waals surface area contributed by atoms with Gasteiger partial charge in [-0.3, -0.25) is 0 Å². The van der Waals surface area contributed by atoms with Gasteiger partial charge >= 0.3 is 0 Å². The molecule has 0 saturated carbocycles. The molecule has 8 aromatic rings. The lowest BCUT2D eigenvalue weighted by molar-refractivity contribution is 0.674. The van der Waals surface area contributed by atoms with Crippen molar-refractivity contribution in [2.24, 2.45) is 0 Å². The molecule has 0 aliphatic heterocycles. The lowest BCUT2D eigenvalue weighted by Crippen LogP contribution is -2.28. The number of anilines is 2. The molecule has 2 heteroatoms. The minimum atomic E-state index is -0.396. The number of benzene rings is 7. The molecule has 7 aromatic carbocycles. The molecule has 0 saturated heterocycles. The van der Waals surface area contributed by atoms with Crippen LogP contribution >= 0.6 is 0 Å². The largest absolute Gasteiger partial charge is 0.453 e. The Balaban J connectivity index is 1.23. The van der Waals surface area contributed by atoms with E-state index in [2.05, 4.69) is 163 Å². The number of nitrogens with one attached hydrogen (secondary N) is 1. The predicted molar refractivity (Wildman–Crippen MR) is 178 cm³/mol. The summed E-state index contributed by atoms with van der Waals surface area (Å²) in [5, 5.41) is 8.30. The topological polar surface area (TPSA) is 25.2 Å². The second-order valence-electron chi connectivity index (χ2n) is 11.4. The summed E-state index contributed by atoms with van der Waals surface area (Å²) in [5.74, 6) is 0. The summed E-state index contributed by atoms with van der Waals surface area (Å²) in [6.07, 6.45) is 0. The number of fused-ring (bicyclic) bond motifs is 8. The molecule has 0 spiro atoms. The smallest absolute Gasteiger partial charge is 0.158 e. The van der Waals surface area contributed by atoms with Gasteiger partial charge in [-0.25, -0.2) is 0 Å². The molecule has 1 N–H and O–H groups in total. The van der Waals surface area contributed by atoms with Crippen LogP contribution in [0.25, 0.3) is 43.8 Å². The van der Waals surface area contributed by atoms with Crippen molar-refractivity contribution in [3.05, 3.63) is 180 Å². The second kappa shape index (κ2) is 9.20. The Hall–Kier alpha value is -5.60. The highest BCUT2D eigenvalue weighted by Crippen LogP contribution is 2.56. The van der Waals surface area contributed by atoms with Crippen LogP contribution in [0.2, 0.25) is 0 Å². The van der Waals surface area contributed by atoms with Crippen molar-refractivity contribution in [1.82, 2.24) is 0 Å². The molecule has 1 aliphatic carbocycles. The van der Waals surface area contributed by atoms with Crippen molar-refractivity contribution in [3.8, 4) is 11.1 Å². The molecule has 43 heavy (non-hydrogen) atoms. The Bertz CT molecular complexity index is 2280. The average molecular weight is 550 g/mol. The summed E-state index contributed by atoms with van der Waals surface area (Å²) in [7, 11) is 0. The van der Waals surface area contributed by atoms with Gasteiger partial charge in [-0.05, 0) is 63.0 Å². The molecule has 1 heterocycles. The molecular weight excluding hydrogens is 522 g/mol. The first-order chi connectivity index (χ1) is 21.3. The minimum absolute atomic E-state index is 0.396. The maximum Gasteiger partial charge on any atom is 0.158 e. The lowest BCUT2D eigenvalue weighted by atomic mass is 9.68.